The zero-order valence-electron chi connectivity index (χ0n) is 21.4. The highest BCUT2D eigenvalue weighted by molar-refractivity contribution is 5.85. The van der Waals surface area contributed by atoms with Crippen LogP contribution in [0.5, 0.6) is 0 Å². The number of cyclic esters (lactones) is 1. The molecule has 6 rings (SSSR count). The lowest BCUT2D eigenvalue weighted by Crippen LogP contribution is -2.62. The number of ether oxygens (including phenoxy) is 2. The van der Waals surface area contributed by atoms with Crippen molar-refractivity contribution >= 4 is 5.97 Å². The number of morpholine rings is 1. The number of esters is 1. The number of hydrogen-bond acceptors (Lipinski definition) is 5. The summed E-state index contributed by atoms with van der Waals surface area (Å²) in [4.78, 5) is 14.4. The van der Waals surface area contributed by atoms with Gasteiger partial charge in [-0.1, -0.05) is 13.8 Å². The summed E-state index contributed by atoms with van der Waals surface area (Å²) in [5.41, 5.74) is 0.822. The third-order valence-corrected chi connectivity index (χ3v) is 12.1. The lowest BCUT2D eigenvalue weighted by molar-refractivity contribution is -0.206. The van der Waals surface area contributed by atoms with E-state index >= 15 is 0 Å². The largest absolute Gasteiger partial charge is 0.458 e. The molecule has 0 aromatic rings. The summed E-state index contributed by atoms with van der Waals surface area (Å²) in [6, 6.07) is 0. The second-order valence-electron chi connectivity index (χ2n) is 13.2. The predicted octanol–water partition coefficient (Wildman–Crippen LogP) is 4.58. The van der Waals surface area contributed by atoms with Crippen molar-refractivity contribution in [1.82, 2.24) is 4.90 Å². The number of carbonyl (C=O) groups excluding carboxylic acids is 1. The molecule has 0 spiro atoms. The van der Waals surface area contributed by atoms with Gasteiger partial charge >= 0.3 is 5.97 Å². The normalized spacial score (nSPS) is 49.1. The fourth-order valence-electron chi connectivity index (χ4n) is 9.95. The Bertz CT molecular complexity index is 836. The van der Waals surface area contributed by atoms with Gasteiger partial charge in [-0.2, -0.15) is 0 Å². The summed E-state index contributed by atoms with van der Waals surface area (Å²) in [5, 5.41) is 12.4. The summed E-state index contributed by atoms with van der Waals surface area (Å²) in [6.45, 7) is 10.6. The summed E-state index contributed by atoms with van der Waals surface area (Å²) >= 11 is 0. The molecule has 0 aromatic carbocycles. The Balaban J connectivity index is 1.15. The van der Waals surface area contributed by atoms with Crippen LogP contribution in [0.15, 0.2) is 11.6 Å². The van der Waals surface area contributed by atoms with Gasteiger partial charge in [0.2, 0.25) is 0 Å². The zero-order chi connectivity index (χ0) is 23.6. The SMILES string of the molecule is C[C@]12CC[C@H](CCN3CCOCC3)C[C@H]1CC[C@@H]1[C@@H]2CC[C@]2(C)[C@@H](C3=CC(=O)OC3)CC[C@]12O. The number of fused-ring (bicyclic) bond motifs is 5. The van der Waals surface area contributed by atoms with Crippen molar-refractivity contribution < 1.29 is 19.4 Å². The van der Waals surface area contributed by atoms with E-state index in [4.69, 9.17) is 9.47 Å². The molecule has 1 N–H and O–H groups in total. The fraction of sp³-hybridized carbons (Fsp3) is 0.897. The van der Waals surface area contributed by atoms with Crippen LogP contribution in [0.4, 0.5) is 0 Å². The molecule has 1 saturated heterocycles. The van der Waals surface area contributed by atoms with Crippen molar-refractivity contribution in [3.8, 4) is 0 Å². The van der Waals surface area contributed by atoms with Crippen molar-refractivity contribution in [2.75, 3.05) is 39.5 Å². The molecule has 4 saturated carbocycles. The Kier molecular flexibility index (Phi) is 5.93. The second kappa shape index (κ2) is 8.59. The number of hydrogen-bond donors (Lipinski definition) is 1. The first-order valence-electron chi connectivity index (χ1n) is 14.2. The highest BCUT2D eigenvalue weighted by Crippen LogP contribution is 2.70. The topological polar surface area (TPSA) is 59.0 Å². The maximum atomic E-state index is 12.4. The third-order valence-electron chi connectivity index (χ3n) is 12.1. The van der Waals surface area contributed by atoms with Gasteiger partial charge in [-0.05, 0) is 111 Å². The first-order valence-corrected chi connectivity index (χ1v) is 14.2. The van der Waals surface area contributed by atoms with E-state index in [1.54, 1.807) is 6.08 Å². The molecule has 5 nitrogen and oxygen atoms in total. The summed E-state index contributed by atoms with van der Waals surface area (Å²) < 4.78 is 10.8. The van der Waals surface area contributed by atoms with Crippen molar-refractivity contribution in [3.63, 3.8) is 0 Å². The number of nitrogens with zero attached hydrogens (tertiary/aromatic N) is 1. The molecule has 0 aromatic heterocycles. The highest BCUT2D eigenvalue weighted by atomic mass is 16.5. The molecule has 5 fully saturated rings. The van der Waals surface area contributed by atoms with E-state index in [-0.39, 0.29) is 11.4 Å². The molecule has 34 heavy (non-hydrogen) atoms. The molecule has 8 atom stereocenters. The Morgan fingerprint density at radius 3 is 2.62 bits per heavy atom. The molecule has 0 amide bonds. The quantitative estimate of drug-likeness (QED) is 0.608. The Hall–Kier alpha value is -0.910. The molecule has 2 heterocycles. The van der Waals surface area contributed by atoms with Gasteiger partial charge in [0.25, 0.3) is 0 Å². The average Bonchev–Trinajstić information content (AvgIpc) is 3.38. The van der Waals surface area contributed by atoms with Crippen LogP contribution in [-0.4, -0.2) is 61.0 Å². The molecule has 2 aliphatic heterocycles. The van der Waals surface area contributed by atoms with E-state index in [0.29, 0.717) is 29.8 Å². The van der Waals surface area contributed by atoms with Crippen LogP contribution >= 0.6 is 0 Å². The fourth-order valence-corrected chi connectivity index (χ4v) is 9.95. The Morgan fingerprint density at radius 1 is 1.03 bits per heavy atom. The molecule has 0 radical (unpaired) electrons. The molecule has 0 unspecified atom stereocenters. The van der Waals surface area contributed by atoms with Gasteiger partial charge in [-0.3, -0.25) is 4.90 Å². The predicted molar refractivity (Wildman–Crippen MR) is 131 cm³/mol. The van der Waals surface area contributed by atoms with Crippen LogP contribution in [0, 0.1) is 40.4 Å². The monoisotopic (exact) mass is 471 g/mol. The zero-order valence-corrected chi connectivity index (χ0v) is 21.4. The molecule has 4 aliphatic carbocycles. The van der Waals surface area contributed by atoms with Crippen LogP contribution in [0.1, 0.15) is 78.1 Å². The lowest BCUT2D eigenvalue weighted by Gasteiger charge is -2.64. The van der Waals surface area contributed by atoms with Gasteiger partial charge in [-0.25, -0.2) is 4.79 Å². The van der Waals surface area contributed by atoms with E-state index in [0.717, 1.165) is 63.0 Å². The molecule has 6 aliphatic rings. The number of aliphatic hydroxyl groups is 1. The van der Waals surface area contributed by atoms with Gasteiger partial charge in [0.05, 0.1) is 18.8 Å². The summed E-state index contributed by atoms with van der Waals surface area (Å²) in [7, 11) is 0. The number of rotatable bonds is 4. The summed E-state index contributed by atoms with van der Waals surface area (Å²) in [6.07, 6.45) is 13.9. The molecular weight excluding hydrogens is 426 g/mol. The maximum Gasteiger partial charge on any atom is 0.331 e. The van der Waals surface area contributed by atoms with Gasteiger partial charge in [0.15, 0.2) is 0 Å². The first kappa shape index (κ1) is 23.5. The van der Waals surface area contributed by atoms with Gasteiger partial charge in [0, 0.05) is 24.6 Å². The minimum atomic E-state index is -0.589. The van der Waals surface area contributed by atoms with Crippen LogP contribution in [0.25, 0.3) is 0 Å². The Labute approximate surface area is 205 Å². The molecule has 5 heteroatoms. The van der Waals surface area contributed by atoms with Crippen molar-refractivity contribution in [3.05, 3.63) is 11.6 Å². The van der Waals surface area contributed by atoms with Crippen molar-refractivity contribution in [1.29, 1.82) is 0 Å². The van der Waals surface area contributed by atoms with Gasteiger partial charge < -0.3 is 14.6 Å². The first-order chi connectivity index (χ1) is 16.3. The van der Waals surface area contributed by atoms with E-state index in [1.165, 1.54) is 51.5 Å². The van der Waals surface area contributed by atoms with E-state index < -0.39 is 5.60 Å². The molecular formula is C29H45NO4. The second-order valence-corrected chi connectivity index (χ2v) is 13.2. The molecule has 0 bridgehead atoms. The highest BCUT2D eigenvalue weighted by Gasteiger charge is 2.67. The Morgan fingerprint density at radius 2 is 1.85 bits per heavy atom. The number of carbonyl (C=O) groups is 1. The van der Waals surface area contributed by atoms with E-state index in [2.05, 4.69) is 18.7 Å². The third kappa shape index (κ3) is 3.55. The smallest absolute Gasteiger partial charge is 0.331 e. The van der Waals surface area contributed by atoms with Crippen LogP contribution in [-0.2, 0) is 14.3 Å². The van der Waals surface area contributed by atoms with Crippen LogP contribution in [0.2, 0.25) is 0 Å². The van der Waals surface area contributed by atoms with Crippen molar-refractivity contribution in [2.24, 2.45) is 40.4 Å². The van der Waals surface area contributed by atoms with E-state index in [9.17, 15) is 9.90 Å². The van der Waals surface area contributed by atoms with Gasteiger partial charge in [0.1, 0.15) is 6.61 Å². The van der Waals surface area contributed by atoms with Gasteiger partial charge in [-0.15, -0.1) is 0 Å². The van der Waals surface area contributed by atoms with Crippen LogP contribution < -0.4 is 0 Å². The van der Waals surface area contributed by atoms with E-state index in [1.807, 2.05) is 0 Å². The van der Waals surface area contributed by atoms with Crippen LogP contribution in [0.3, 0.4) is 0 Å². The van der Waals surface area contributed by atoms with Crippen molar-refractivity contribution in [2.45, 2.75) is 83.7 Å². The minimum Gasteiger partial charge on any atom is -0.458 e. The average molecular weight is 472 g/mol. The standard InChI is InChI=1S/C29H45NO4/c1-27-9-5-20(8-12-30-13-15-33-16-14-30)17-22(27)3-4-25-24(27)6-10-28(2)23(7-11-29(25,28)32)21-18-26(31)34-19-21/h18,20,22-25,32H,3-17,19H2,1-2H3/t20-,22-,23-,24+,25-,27+,28-,29+/m1/s1. The molecule has 190 valence electrons. The summed E-state index contributed by atoms with van der Waals surface area (Å²) in [5.74, 6) is 2.87. The minimum absolute atomic E-state index is 0.119. The maximum absolute atomic E-state index is 12.4. The lowest BCUT2D eigenvalue weighted by atomic mass is 9.42.